The highest BCUT2D eigenvalue weighted by molar-refractivity contribution is 5.89. The number of carbonyl (C=O) groups is 1. The van der Waals surface area contributed by atoms with Crippen molar-refractivity contribution in [1.29, 1.82) is 0 Å². The maximum atomic E-state index is 10.8. The molecule has 0 N–H and O–H groups in total. The SMILES string of the molecule is O=Cc1ccc2ccc(OC3=CCCC=C3)cc2c1. The molecule has 0 spiro atoms. The first-order valence-electron chi connectivity index (χ1n) is 6.39. The van der Waals surface area contributed by atoms with Gasteiger partial charge in [-0.1, -0.05) is 24.3 Å². The van der Waals surface area contributed by atoms with Gasteiger partial charge < -0.3 is 4.74 Å². The number of carbonyl (C=O) groups excluding carboxylic acids is 1. The predicted octanol–water partition coefficient (Wildman–Crippen LogP) is 4.27. The standard InChI is InChI=1S/C17H14O2/c18-12-13-6-7-14-8-9-17(11-15(14)10-13)19-16-4-2-1-3-5-16/h2,4-12H,1,3H2. The van der Waals surface area contributed by atoms with E-state index in [-0.39, 0.29) is 0 Å². The average Bonchev–Trinajstić information content (AvgIpc) is 2.47. The summed E-state index contributed by atoms with van der Waals surface area (Å²) in [6.07, 6.45) is 9.16. The average molecular weight is 250 g/mol. The smallest absolute Gasteiger partial charge is 0.150 e. The molecule has 1 aliphatic rings. The molecule has 0 bridgehead atoms. The zero-order chi connectivity index (χ0) is 13.1. The van der Waals surface area contributed by atoms with Crippen molar-refractivity contribution in [2.45, 2.75) is 12.8 Å². The van der Waals surface area contributed by atoms with E-state index in [1.165, 1.54) is 0 Å². The van der Waals surface area contributed by atoms with Crippen LogP contribution in [0.4, 0.5) is 0 Å². The molecule has 0 aromatic heterocycles. The molecule has 2 aromatic rings. The monoisotopic (exact) mass is 250 g/mol. The van der Waals surface area contributed by atoms with Crippen LogP contribution in [-0.4, -0.2) is 6.29 Å². The lowest BCUT2D eigenvalue weighted by molar-refractivity contribution is 0.112. The lowest BCUT2D eigenvalue weighted by Gasteiger charge is -2.10. The second-order valence-corrected chi connectivity index (χ2v) is 4.57. The third kappa shape index (κ3) is 2.58. The second kappa shape index (κ2) is 5.11. The number of rotatable bonds is 3. The number of fused-ring (bicyclic) bond motifs is 1. The highest BCUT2D eigenvalue weighted by Gasteiger charge is 2.02. The summed E-state index contributed by atoms with van der Waals surface area (Å²) in [6, 6.07) is 11.6. The number of benzene rings is 2. The van der Waals surface area contributed by atoms with Crippen molar-refractivity contribution >= 4 is 17.1 Å². The number of hydrogen-bond acceptors (Lipinski definition) is 2. The van der Waals surface area contributed by atoms with Gasteiger partial charge in [-0.15, -0.1) is 0 Å². The number of hydrogen-bond donors (Lipinski definition) is 0. The molecule has 0 saturated carbocycles. The first-order valence-corrected chi connectivity index (χ1v) is 6.39. The zero-order valence-corrected chi connectivity index (χ0v) is 10.5. The van der Waals surface area contributed by atoms with Crippen molar-refractivity contribution in [3.05, 3.63) is 65.9 Å². The van der Waals surface area contributed by atoms with Gasteiger partial charge in [0.2, 0.25) is 0 Å². The van der Waals surface area contributed by atoms with Crippen LogP contribution in [0.5, 0.6) is 5.75 Å². The summed E-state index contributed by atoms with van der Waals surface area (Å²) < 4.78 is 5.82. The Morgan fingerprint density at radius 2 is 1.89 bits per heavy atom. The van der Waals surface area contributed by atoms with Crippen LogP contribution in [0, 0.1) is 0 Å². The van der Waals surface area contributed by atoms with E-state index < -0.39 is 0 Å². The van der Waals surface area contributed by atoms with Crippen LogP contribution in [-0.2, 0) is 0 Å². The Labute approximate surface area is 112 Å². The molecule has 2 heteroatoms. The molecule has 3 rings (SSSR count). The van der Waals surface area contributed by atoms with Crippen LogP contribution < -0.4 is 4.74 Å². The van der Waals surface area contributed by atoms with Gasteiger partial charge in [0.05, 0.1) is 0 Å². The Bertz CT molecular complexity index is 681. The molecule has 1 aliphatic carbocycles. The largest absolute Gasteiger partial charge is 0.458 e. The molecule has 0 amide bonds. The summed E-state index contributed by atoms with van der Waals surface area (Å²) in [5.74, 6) is 1.69. The molecule has 0 radical (unpaired) electrons. The summed E-state index contributed by atoms with van der Waals surface area (Å²) in [7, 11) is 0. The van der Waals surface area contributed by atoms with Crippen molar-refractivity contribution < 1.29 is 9.53 Å². The fraction of sp³-hybridized carbons (Fsp3) is 0.118. The lowest BCUT2D eigenvalue weighted by Crippen LogP contribution is -1.95. The van der Waals surface area contributed by atoms with Gasteiger partial charge in [-0.2, -0.15) is 0 Å². The van der Waals surface area contributed by atoms with Crippen molar-refractivity contribution in [1.82, 2.24) is 0 Å². The Hall–Kier alpha value is -2.35. The Balaban J connectivity index is 1.93. The Morgan fingerprint density at radius 1 is 1.00 bits per heavy atom. The van der Waals surface area contributed by atoms with E-state index in [4.69, 9.17) is 4.74 Å². The molecule has 0 saturated heterocycles. The third-order valence-electron chi connectivity index (χ3n) is 3.17. The first kappa shape index (κ1) is 11.7. The molecule has 0 atom stereocenters. The summed E-state index contributed by atoms with van der Waals surface area (Å²) in [4.78, 5) is 10.8. The normalized spacial score (nSPS) is 14.2. The molecular formula is C17H14O2. The van der Waals surface area contributed by atoms with Crippen LogP contribution in [0.2, 0.25) is 0 Å². The number of allylic oxidation sites excluding steroid dienone is 3. The summed E-state index contributed by atoms with van der Waals surface area (Å²) >= 11 is 0. The van der Waals surface area contributed by atoms with Crippen molar-refractivity contribution in [2.24, 2.45) is 0 Å². The van der Waals surface area contributed by atoms with E-state index in [2.05, 4.69) is 12.2 Å². The summed E-state index contributed by atoms with van der Waals surface area (Å²) in [5, 5.41) is 2.12. The van der Waals surface area contributed by atoms with E-state index >= 15 is 0 Å². The minimum absolute atomic E-state index is 0.682. The second-order valence-electron chi connectivity index (χ2n) is 4.57. The van der Waals surface area contributed by atoms with Gasteiger partial charge >= 0.3 is 0 Å². The molecule has 0 unspecified atom stereocenters. The summed E-state index contributed by atoms with van der Waals surface area (Å²) in [6.45, 7) is 0. The zero-order valence-electron chi connectivity index (χ0n) is 10.5. The molecule has 0 aliphatic heterocycles. The van der Waals surface area contributed by atoms with Gasteiger partial charge in [0.1, 0.15) is 17.8 Å². The van der Waals surface area contributed by atoms with E-state index in [0.717, 1.165) is 41.4 Å². The molecule has 94 valence electrons. The van der Waals surface area contributed by atoms with Gasteiger partial charge in [0, 0.05) is 5.56 Å². The molecule has 0 heterocycles. The Morgan fingerprint density at radius 3 is 2.68 bits per heavy atom. The predicted molar refractivity (Wildman–Crippen MR) is 76.4 cm³/mol. The quantitative estimate of drug-likeness (QED) is 0.760. The Kier molecular flexibility index (Phi) is 3.15. The van der Waals surface area contributed by atoms with Crippen LogP contribution in [0.3, 0.4) is 0 Å². The fourth-order valence-electron chi connectivity index (χ4n) is 2.18. The van der Waals surface area contributed by atoms with Gasteiger partial charge in [0.15, 0.2) is 0 Å². The van der Waals surface area contributed by atoms with Crippen LogP contribution in [0.15, 0.2) is 60.4 Å². The highest BCUT2D eigenvalue weighted by Crippen LogP contribution is 2.24. The lowest BCUT2D eigenvalue weighted by atomic mass is 10.1. The molecule has 0 fully saturated rings. The van der Waals surface area contributed by atoms with E-state index in [9.17, 15) is 4.79 Å². The van der Waals surface area contributed by atoms with Crippen molar-refractivity contribution in [3.8, 4) is 5.75 Å². The van der Waals surface area contributed by atoms with Crippen molar-refractivity contribution in [3.63, 3.8) is 0 Å². The van der Waals surface area contributed by atoms with Gasteiger partial charge in [-0.05, 0) is 54.0 Å². The number of ether oxygens (including phenoxy) is 1. The highest BCUT2D eigenvalue weighted by atomic mass is 16.5. The van der Waals surface area contributed by atoms with Crippen molar-refractivity contribution in [2.75, 3.05) is 0 Å². The van der Waals surface area contributed by atoms with Gasteiger partial charge in [-0.3, -0.25) is 4.79 Å². The summed E-state index contributed by atoms with van der Waals surface area (Å²) in [5.41, 5.74) is 0.682. The van der Waals surface area contributed by atoms with Crippen LogP contribution in [0.1, 0.15) is 23.2 Å². The van der Waals surface area contributed by atoms with Gasteiger partial charge in [-0.25, -0.2) is 0 Å². The first-order chi connectivity index (χ1) is 9.35. The molecule has 19 heavy (non-hydrogen) atoms. The van der Waals surface area contributed by atoms with E-state index in [0.29, 0.717) is 5.56 Å². The van der Waals surface area contributed by atoms with Gasteiger partial charge in [0.25, 0.3) is 0 Å². The third-order valence-corrected chi connectivity index (χ3v) is 3.17. The van der Waals surface area contributed by atoms with E-state index in [1.54, 1.807) is 0 Å². The molecule has 2 nitrogen and oxygen atoms in total. The minimum Gasteiger partial charge on any atom is -0.458 e. The maximum Gasteiger partial charge on any atom is 0.150 e. The molecular weight excluding hydrogens is 236 g/mol. The molecule has 2 aromatic carbocycles. The van der Waals surface area contributed by atoms with E-state index in [1.807, 2.05) is 42.5 Å². The number of aldehydes is 1. The minimum atomic E-state index is 0.682. The fourth-order valence-corrected chi connectivity index (χ4v) is 2.18. The topological polar surface area (TPSA) is 26.3 Å². The van der Waals surface area contributed by atoms with Crippen LogP contribution in [0.25, 0.3) is 10.8 Å². The van der Waals surface area contributed by atoms with Crippen LogP contribution >= 0.6 is 0 Å². The maximum absolute atomic E-state index is 10.8.